The third kappa shape index (κ3) is 5.81. The van der Waals surface area contributed by atoms with Gasteiger partial charge in [-0.3, -0.25) is 0 Å². The highest BCUT2D eigenvalue weighted by Gasteiger charge is 2.21. The van der Waals surface area contributed by atoms with E-state index in [2.05, 4.69) is 115 Å². The Bertz CT molecular complexity index is 3910. The molecule has 0 unspecified atom stereocenters. The molecule has 6 heteroatoms. The number of furan rings is 1. The van der Waals surface area contributed by atoms with Gasteiger partial charge in [0.15, 0.2) is 23.1 Å². The predicted molar refractivity (Wildman–Crippen MR) is 260 cm³/mol. The van der Waals surface area contributed by atoms with Crippen molar-refractivity contribution < 1.29 is 8.83 Å². The summed E-state index contributed by atoms with van der Waals surface area (Å²) in [5, 5.41) is 8.84. The Kier molecular flexibility index (Phi) is 8.11. The molecular weight excluding hydrogens is 785 g/mol. The van der Waals surface area contributed by atoms with Gasteiger partial charge in [0.25, 0.3) is 0 Å². The minimum atomic E-state index is 0.574. The molecule has 0 amide bonds. The van der Waals surface area contributed by atoms with Crippen LogP contribution in [0.2, 0.25) is 0 Å². The number of aromatic nitrogens is 4. The van der Waals surface area contributed by atoms with Crippen LogP contribution in [0.4, 0.5) is 0 Å². The molecule has 0 radical (unpaired) electrons. The van der Waals surface area contributed by atoms with Crippen molar-refractivity contribution in [3.8, 4) is 67.9 Å². The first-order valence-corrected chi connectivity index (χ1v) is 21.4. The lowest BCUT2D eigenvalue weighted by molar-refractivity contribution is 0.620. The first-order chi connectivity index (χ1) is 31.7. The average molecular weight is 819 g/mol. The Balaban J connectivity index is 0.967. The fourth-order valence-electron chi connectivity index (χ4n) is 9.40. The van der Waals surface area contributed by atoms with Gasteiger partial charge in [-0.15, -0.1) is 0 Å². The van der Waals surface area contributed by atoms with Gasteiger partial charge >= 0.3 is 0 Å². The SMILES string of the molecule is c1ccc(-c2nc(-c3ccccc3)nc(-c3cccc(-c4ccc(-c5ccc(-c6nc7c(ccc8oc9ccccc9c87)o6)c6ccc7ccccc7c56)c5ccccc45)c3)n2)cc1. The number of rotatable bonds is 6. The van der Waals surface area contributed by atoms with E-state index in [1.54, 1.807) is 0 Å². The quantitative estimate of drug-likeness (QED) is 0.156. The van der Waals surface area contributed by atoms with Gasteiger partial charge in [0, 0.05) is 27.6 Å². The van der Waals surface area contributed by atoms with E-state index >= 15 is 0 Å². The molecule has 10 aromatic carbocycles. The van der Waals surface area contributed by atoms with Crippen LogP contribution in [0, 0.1) is 0 Å². The second-order valence-electron chi connectivity index (χ2n) is 16.1. The molecule has 0 atom stereocenters. The fraction of sp³-hybridized carbons (Fsp3) is 0. The molecule has 0 aliphatic heterocycles. The highest BCUT2D eigenvalue weighted by Crippen LogP contribution is 2.45. The van der Waals surface area contributed by atoms with Crippen LogP contribution in [-0.2, 0) is 0 Å². The minimum absolute atomic E-state index is 0.574. The van der Waals surface area contributed by atoms with Crippen molar-refractivity contribution in [2.24, 2.45) is 0 Å². The number of fused-ring (bicyclic) bond motifs is 9. The van der Waals surface area contributed by atoms with Crippen LogP contribution in [-0.4, -0.2) is 19.9 Å². The normalized spacial score (nSPS) is 11.8. The summed E-state index contributed by atoms with van der Waals surface area (Å²) in [6.07, 6.45) is 0. The van der Waals surface area contributed by atoms with Gasteiger partial charge in [-0.25, -0.2) is 19.9 Å². The van der Waals surface area contributed by atoms with E-state index in [4.69, 9.17) is 28.8 Å². The number of oxazole rings is 1. The van der Waals surface area contributed by atoms with Gasteiger partial charge in [-0.05, 0) is 84.9 Å². The summed E-state index contributed by atoms with van der Waals surface area (Å²) in [7, 11) is 0. The summed E-state index contributed by atoms with van der Waals surface area (Å²) >= 11 is 0. The van der Waals surface area contributed by atoms with Crippen molar-refractivity contribution in [1.29, 1.82) is 0 Å². The molecule has 298 valence electrons. The van der Waals surface area contributed by atoms with Crippen LogP contribution in [0.25, 0.3) is 133 Å². The first-order valence-electron chi connectivity index (χ1n) is 21.4. The van der Waals surface area contributed by atoms with Gasteiger partial charge in [0.1, 0.15) is 16.7 Å². The standard InChI is InChI=1S/C58H34N4O2/c1-3-15-36(16-4-1)55-60-56(37-17-5-2-6-18-37)62-57(61-55)39-20-13-19-38(34-39)40-28-29-44(43-23-10-9-22-42(40)43)45-30-31-47(46-27-26-35-14-7-8-21-41(35)52(45)46)58-59-54-51(64-58)33-32-50-53(54)48-24-11-12-25-49(48)63-50/h1-34H. The van der Waals surface area contributed by atoms with E-state index in [9.17, 15) is 0 Å². The van der Waals surface area contributed by atoms with Crippen LogP contribution in [0.5, 0.6) is 0 Å². The van der Waals surface area contributed by atoms with Gasteiger partial charge in [0.05, 0.1) is 5.39 Å². The van der Waals surface area contributed by atoms with Crippen LogP contribution >= 0.6 is 0 Å². The zero-order valence-corrected chi connectivity index (χ0v) is 34.2. The van der Waals surface area contributed by atoms with Crippen molar-refractivity contribution >= 4 is 65.4 Å². The molecule has 3 heterocycles. The summed E-state index contributed by atoms with van der Waals surface area (Å²) in [5.74, 6) is 2.46. The van der Waals surface area contributed by atoms with Crippen molar-refractivity contribution in [2.75, 3.05) is 0 Å². The van der Waals surface area contributed by atoms with Crippen LogP contribution < -0.4 is 0 Å². The molecule has 0 aliphatic rings. The third-order valence-electron chi connectivity index (χ3n) is 12.4. The maximum atomic E-state index is 6.62. The van der Waals surface area contributed by atoms with Gasteiger partial charge in [0.2, 0.25) is 5.89 Å². The zero-order valence-electron chi connectivity index (χ0n) is 34.2. The lowest BCUT2D eigenvalue weighted by Gasteiger charge is -2.17. The monoisotopic (exact) mass is 818 g/mol. The Morgan fingerprint density at radius 3 is 1.61 bits per heavy atom. The Morgan fingerprint density at radius 2 is 0.844 bits per heavy atom. The number of benzene rings is 10. The van der Waals surface area contributed by atoms with Crippen molar-refractivity contribution in [3.05, 3.63) is 206 Å². The van der Waals surface area contributed by atoms with E-state index in [1.165, 1.54) is 10.8 Å². The molecular formula is C58H34N4O2. The summed E-state index contributed by atoms with van der Waals surface area (Å²) in [6, 6.07) is 71.4. The maximum Gasteiger partial charge on any atom is 0.227 e. The third-order valence-corrected chi connectivity index (χ3v) is 12.4. The fourth-order valence-corrected chi connectivity index (χ4v) is 9.40. The number of nitrogens with zero attached hydrogens (tertiary/aromatic N) is 4. The Labute approximate surface area is 366 Å². The lowest BCUT2D eigenvalue weighted by Crippen LogP contribution is -2.00. The molecule has 13 rings (SSSR count). The number of para-hydroxylation sites is 1. The molecule has 0 saturated heterocycles. The van der Waals surface area contributed by atoms with Crippen molar-refractivity contribution in [2.45, 2.75) is 0 Å². The van der Waals surface area contributed by atoms with E-state index in [0.717, 1.165) is 99.1 Å². The molecule has 0 aliphatic carbocycles. The van der Waals surface area contributed by atoms with E-state index in [0.29, 0.717) is 23.4 Å². The maximum absolute atomic E-state index is 6.62. The highest BCUT2D eigenvalue weighted by molar-refractivity contribution is 6.21. The van der Waals surface area contributed by atoms with E-state index in [1.807, 2.05) is 91.0 Å². The Morgan fingerprint density at radius 1 is 0.281 bits per heavy atom. The average Bonchev–Trinajstić information content (AvgIpc) is 3.98. The van der Waals surface area contributed by atoms with E-state index in [-0.39, 0.29) is 0 Å². The van der Waals surface area contributed by atoms with Crippen LogP contribution in [0.1, 0.15) is 0 Å². The van der Waals surface area contributed by atoms with Gasteiger partial charge in [-0.2, -0.15) is 0 Å². The Hall–Kier alpha value is -8.74. The molecule has 64 heavy (non-hydrogen) atoms. The second kappa shape index (κ2) is 14.4. The molecule has 6 nitrogen and oxygen atoms in total. The van der Waals surface area contributed by atoms with Gasteiger partial charge in [-0.1, -0.05) is 176 Å². The molecule has 0 N–H and O–H groups in total. The summed E-state index contributed by atoms with van der Waals surface area (Å²) in [6.45, 7) is 0. The molecule has 0 bridgehead atoms. The molecule has 3 aromatic heterocycles. The molecule has 0 fully saturated rings. The van der Waals surface area contributed by atoms with E-state index < -0.39 is 0 Å². The summed E-state index contributed by atoms with van der Waals surface area (Å²) in [4.78, 5) is 20.2. The number of hydrogen-bond donors (Lipinski definition) is 0. The zero-order chi connectivity index (χ0) is 42.1. The van der Waals surface area contributed by atoms with Gasteiger partial charge < -0.3 is 8.83 Å². The second-order valence-corrected chi connectivity index (χ2v) is 16.1. The lowest BCUT2D eigenvalue weighted by atomic mass is 9.87. The van der Waals surface area contributed by atoms with Crippen LogP contribution in [0.15, 0.2) is 215 Å². The largest absolute Gasteiger partial charge is 0.456 e. The summed E-state index contributed by atoms with van der Waals surface area (Å²) in [5.41, 5.74) is 11.3. The highest BCUT2D eigenvalue weighted by atomic mass is 16.4. The van der Waals surface area contributed by atoms with Crippen molar-refractivity contribution in [3.63, 3.8) is 0 Å². The van der Waals surface area contributed by atoms with Crippen molar-refractivity contribution in [1.82, 2.24) is 19.9 Å². The summed E-state index contributed by atoms with van der Waals surface area (Å²) < 4.78 is 12.8. The minimum Gasteiger partial charge on any atom is -0.456 e. The molecule has 13 aromatic rings. The number of hydrogen-bond acceptors (Lipinski definition) is 6. The topological polar surface area (TPSA) is 77.8 Å². The van der Waals surface area contributed by atoms with Crippen LogP contribution in [0.3, 0.4) is 0 Å². The molecule has 0 saturated carbocycles. The predicted octanol–water partition coefficient (Wildman–Crippen LogP) is 15.4. The first kappa shape index (κ1) is 36.0. The smallest absolute Gasteiger partial charge is 0.227 e. The molecule has 0 spiro atoms.